The summed E-state index contributed by atoms with van der Waals surface area (Å²) in [5.41, 5.74) is 12.6. The second kappa shape index (κ2) is 9.98. The smallest absolute Gasteiger partial charge is 0.319 e. The van der Waals surface area contributed by atoms with Crippen LogP contribution in [0, 0.1) is 0 Å². The molecule has 21 heavy (non-hydrogen) atoms. The number of urea groups is 1. The number of nitrogens with one attached hydrogen (secondary N) is 3. The summed E-state index contributed by atoms with van der Waals surface area (Å²) < 4.78 is 5.69. The van der Waals surface area contributed by atoms with Crippen LogP contribution in [0.4, 0.5) is 10.5 Å². The van der Waals surface area contributed by atoms with Gasteiger partial charge in [0.05, 0.1) is 12.3 Å². The van der Waals surface area contributed by atoms with Gasteiger partial charge in [-0.05, 0) is 30.7 Å². The van der Waals surface area contributed by atoms with Gasteiger partial charge in [-0.1, -0.05) is 6.07 Å². The van der Waals surface area contributed by atoms with Crippen molar-refractivity contribution in [2.45, 2.75) is 13.0 Å². The normalized spacial score (nSPS) is 10.2. The van der Waals surface area contributed by atoms with Crippen LogP contribution in [0.2, 0.25) is 0 Å². The first-order chi connectivity index (χ1) is 10.2. The van der Waals surface area contributed by atoms with E-state index in [1.165, 1.54) is 0 Å². The van der Waals surface area contributed by atoms with Crippen molar-refractivity contribution in [2.75, 3.05) is 38.6 Å². The summed E-state index contributed by atoms with van der Waals surface area (Å²) in [6.45, 7) is 3.12. The second-order valence-electron chi connectivity index (χ2n) is 4.49. The molecule has 0 unspecified atom stereocenters. The molecule has 0 atom stereocenters. The molecule has 0 aliphatic heterocycles. The molecule has 1 aromatic carbocycles. The highest BCUT2D eigenvalue weighted by Crippen LogP contribution is 2.26. The van der Waals surface area contributed by atoms with E-state index < -0.39 is 0 Å². The molecule has 0 saturated carbocycles. The molecule has 0 heterocycles. The molecule has 1 rings (SSSR count). The second-order valence-corrected chi connectivity index (χ2v) is 4.49. The molecule has 0 aromatic heterocycles. The Morgan fingerprint density at radius 2 is 2.10 bits per heavy atom. The number of ether oxygens (including phenoxy) is 1. The lowest BCUT2D eigenvalue weighted by molar-refractivity contribution is 0.253. The molecule has 1 aromatic rings. The summed E-state index contributed by atoms with van der Waals surface area (Å²) in [6.07, 6.45) is 0.759. The highest BCUT2D eigenvalue weighted by molar-refractivity contribution is 5.90. The van der Waals surface area contributed by atoms with Crippen LogP contribution in [-0.4, -0.2) is 39.3 Å². The van der Waals surface area contributed by atoms with E-state index in [0.717, 1.165) is 18.5 Å². The van der Waals surface area contributed by atoms with Gasteiger partial charge in [0, 0.05) is 26.7 Å². The molecule has 0 aliphatic carbocycles. The summed E-state index contributed by atoms with van der Waals surface area (Å²) in [4.78, 5) is 11.4. The molecule has 0 spiro atoms. The standard InChI is InChI=1S/C14H25N5O2/c1-17-14(20)19-12-4-3-11(10-18-7-6-16)9-13(12)21-8-2-5-15/h3-4,9,18H,2,5-8,10,15-16H2,1H3,(H2,17,19,20). The van der Waals surface area contributed by atoms with E-state index in [-0.39, 0.29) is 6.03 Å². The lowest BCUT2D eigenvalue weighted by Crippen LogP contribution is -2.25. The molecule has 0 aliphatic rings. The van der Waals surface area contributed by atoms with Gasteiger partial charge in [0.25, 0.3) is 0 Å². The van der Waals surface area contributed by atoms with Gasteiger partial charge in [-0.2, -0.15) is 0 Å². The van der Waals surface area contributed by atoms with Gasteiger partial charge in [-0.25, -0.2) is 4.79 Å². The molecule has 0 fully saturated rings. The topological polar surface area (TPSA) is 114 Å². The average Bonchev–Trinajstić information content (AvgIpc) is 2.50. The fraction of sp³-hybridized carbons (Fsp3) is 0.500. The van der Waals surface area contributed by atoms with Crippen molar-refractivity contribution in [3.63, 3.8) is 0 Å². The number of hydrogen-bond acceptors (Lipinski definition) is 5. The highest BCUT2D eigenvalue weighted by Gasteiger charge is 2.08. The van der Waals surface area contributed by atoms with Crippen LogP contribution in [0.15, 0.2) is 18.2 Å². The van der Waals surface area contributed by atoms with Crippen LogP contribution in [0.25, 0.3) is 0 Å². The number of carbonyl (C=O) groups excluding carboxylic acids is 1. The first-order valence-electron chi connectivity index (χ1n) is 7.06. The van der Waals surface area contributed by atoms with E-state index in [0.29, 0.717) is 37.7 Å². The maximum absolute atomic E-state index is 11.4. The zero-order valence-corrected chi connectivity index (χ0v) is 12.4. The molecule has 0 radical (unpaired) electrons. The molecular weight excluding hydrogens is 270 g/mol. The van der Waals surface area contributed by atoms with Gasteiger partial charge >= 0.3 is 6.03 Å². The summed E-state index contributed by atoms with van der Waals surface area (Å²) in [5, 5.41) is 8.46. The minimum atomic E-state index is -0.285. The summed E-state index contributed by atoms with van der Waals surface area (Å²) in [6, 6.07) is 5.38. The molecule has 0 bridgehead atoms. The predicted octanol–water partition coefficient (Wildman–Crippen LogP) is 0.214. The minimum absolute atomic E-state index is 0.285. The predicted molar refractivity (Wildman–Crippen MR) is 84.4 cm³/mol. The Morgan fingerprint density at radius 3 is 2.76 bits per heavy atom. The van der Waals surface area contributed by atoms with E-state index >= 15 is 0 Å². The van der Waals surface area contributed by atoms with Gasteiger partial charge in [0.15, 0.2) is 0 Å². The largest absolute Gasteiger partial charge is 0.491 e. The average molecular weight is 295 g/mol. The van der Waals surface area contributed by atoms with Gasteiger partial charge in [0.1, 0.15) is 5.75 Å². The minimum Gasteiger partial charge on any atom is -0.491 e. The Morgan fingerprint density at radius 1 is 1.29 bits per heavy atom. The summed E-state index contributed by atoms with van der Waals surface area (Å²) in [7, 11) is 1.56. The monoisotopic (exact) mass is 295 g/mol. The lowest BCUT2D eigenvalue weighted by Gasteiger charge is -2.14. The zero-order chi connectivity index (χ0) is 15.5. The molecular formula is C14H25N5O2. The van der Waals surface area contributed by atoms with Crippen LogP contribution in [0.1, 0.15) is 12.0 Å². The fourth-order valence-electron chi connectivity index (χ4n) is 1.68. The van der Waals surface area contributed by atoms with Crippen molar-refractivity contribution in [3.05, 3.63) is 23.8 Å². The molecule has 7 nitrogen and oxygen atoms in total. The Bertz CT molecular complexity index is 439. The lowest BCUT2D eigenvalue weighted by atomic mass is 10.2. The van der Waals surface area contributed by atoms with Crippen LogP contribution in [0.3, 0.4) is 0 Å². The number of benzene rings is 1. The Balaban J connectivity index is 2.77. The van der Waals surface area contributed by atoms with E-state index in [1.54, 1.807) is 7.05 Å². The molecule has 118 valence electrons. The van der Waals surface area contributed by atoms with Gasteiger partial charge in [-0.15, -0.1) is 0 Å². The Kier molecular flexibility index (Phi) is 8.18. The Hall–Kier alpha value is -1.83. The maximum atomic E-state index is 11.4. The van der Waals surface area contributed by atoms with Gasteiger partial charge < -0.3 is 32.2 Å². The number of amides is 2. The van der Waals surface area contributed by atoms with E-state index in [1.807, 2.05) is 18.2 Å². The van der Waals surface area contributed by atoms with Crippen molar-refractivity contribution < 1.29 is 9.53 Å². The Labute approximate surface area is 125 Å². The van der Waals surface area contributed by atoms with Crippen molar-refractivity contribution in [1.82, 2.24) is 10.6 Å². The number of rotatable bonds is 9. The maximum Gasteiger partial charge on any atom is 0.319 e. The number of hydrogen-bond donors (Lipinski definition) is 5. The van der Waals surface area contributed by atoms with Gasteiger partial charge in [-0.3, -0.25) is 0 Å². The molecule has 0 saturated heterocycles. The number of nitrogens with two attached hydrogens (primary N) is 2. The quantitative estimate of drug-likeness (QED) is 0.418. The first-order valence-corrected chi connectivity index (χ1v) is 7.06. The highest BCUT2D eigenvalue weighted by atomic mass is 16.5. The van der Waals surface area contributed by atoms with Crippen molar-refractivity contribution in [1.29, 1.82) is 0 Å². The van der Waals surface area contributed by atoms with Crippen molar-refractivity contribution in [3.8, 4) is 5.75 Å². The third kappa shape index (κ3) is 6.44. The summed E-state index contributed by atoms with van der Waals surface area (Å²) >= 11 is 0. The van der Waals surface area contributed by atoms with E-state index in [4.69, 9.17) is 16.2 Å². The van der Waals surface area contributed by atoms with Crippen LogP contribution in [-0.2, 0) is 6.54 Å². The van der Waals surface area contributed by atoms with Crippen molar-refractivity contribution in [2.24, 2.45) is 11.5 Å². The summed E-state index contributed by atoms with van der Waals surface area (Å²) in [5.74, 6) is 0.638. The molecule has 7 N–H and O–H groups in total. The SMILES string of the molecule is CNC(=O)Nc1ccc(CNCCN)cc1OCCCN. The van der Waals surface area contributed by atoms with Crippen LogP contribution < -0.4 is 32.2 Å². The molecule has 2 amide bonds. The fourth-order valence-corrected chi connectivity index (χ4v) is 1.68. The van der Waals surface area contributed by atoms with Gasteiger partial charge in [0.2, 0.25) is 0 Å². The third-order valence-corrected chi connectivity index (χ3v) is 2.78. The van der Waals surface area contributed by atoms with Crippen molar-refractivity contribution >= 4 is 11.7 Å². The van der Waals surface area contributed by atoms with Crippen LogP contribution >= 0.6 is 0 Å². The first kappa shape index (κ1) is 17.2. The number of anilines is 1. The van der Waals surface area contributed by atoms with E-state index in [2.05, 4.69) is 16.0 Å². The third-order valence-electron chi connectivity index (χ3n) is 2.78. The molecule has 7 heteroatoms. The zero-order valence-electron chi connectivity index (χ0n) is 12.4. The van der Waals surface area contributed by atoms with Crippen LogP contribution in [0.5, 0.6) is 5.75 Å². The number of carbonyl (C=O) groups is 1. The van der Waals surface area contributed by atoms with E-state index in [9.17, 15) is 4.79 Å².